The van der Waals surface area contributed by atoms with Gasteiger partial charge in [0, 0.05) is 34.4 Å². The molecular formula is C14H22BrN3OS. The van der Waals surface area contributed by atoms with Crippen LogP contribution in [-0.2, 0) is 11.3 Å². The first-order chi connectivity index (χ1) is 9.61. The molecule has 1 aliphatic rings. The van der Waals surface area contributed by atoms with Crippen molar-refractivity contribution >= 4 is 33.2 Å². The topological polar surface area (TPSA) is 45.7 Å². The van der Waals surface area contributed by atoms with E-state index in [0.29, 0.717) is 6.54 Å². The van der Waals surface area contributed by atoms with Gasteiger partial charge in [-0.15, -0.1) is 11.3 Å². The third-order valence-corrected chi connectivity index (χ3v) is 4.97. The average molecular weight is 360 g/mol. The lowest BCUT2D eigenvalue weighted by Gasteiger charge is -2.24. The Morgan fingerprint density at radius 1 is 1.55 bits per heavy atom. The molecule has 4 nitrogen and oxygen atoms in total. The summed E-state index contributed by atoms with van der Waals surface area (Å²) in [6, 6.07) is 2.11. The summed E-state index contributed by atoms with van der Waals surface area (Å²) in [7, 11) is 0. The predicted octanol–water partition coefficient (Wildman–Crippen LogP) is 3.13. The van der Waals surface area contributed by atoms with Gasteiger partial charge in [-0.05, 0) is 48.7 Å². The minimum Gasteiger partial charge on any atom is -0.373 e. The second-order valence-electron chi connectivity index (χ2n) is 5.18. The number of nitrogens with zero attached hydrogens (tertiary/aromatic N) is 1. The maximum atomic E-state index is 5.79. The second-order valence-corrected chi connectivity index (χ2v) is 7.09. The highest BCUT2D eigenvalue weighted by Crippen LogP contribution is 2.24. The van der Waals surface area contributed by atoms with Gasteiger partial charge < -0.3 is 15.4 Å². The van der Waals surface area contributed by atoms with E-state index < -0.39 is 0 Å². The fourth-order valence-corrected chi connectivity index (χ4v) is 3.56. The Balaban J connectivity index is 1.88. The molecule has 0 aromatic carbocycles. The Bertz CT molecular complexity index is 455. The van der Waals surface area contributed by atoms with Crippen LogP contribution in [0.2, 0.25) is 0 Å². The van der Waals surface area contributed by atoms with Crippen LogP contribution in [0.1, 0.15) is 31.6 Å². The maximum Gasteiger partial charge on any atom is 0.191 e. The van der Waals surface area contributed by atoms with Crippen LogP contribution in [0.25, 0.3) is 0 Å². The van der Waals surface area contributed by atoms with Gasteiger partial charge in [0.15, 0.2) is 5.96 Å². The largest absolute Gasteiger partial charge is 0.373 e. The quantitative estimate of drug-likeness (QED) is 0.627. The number of guanidine groups is 1. The molecule has 0 bridgehead atoms. The number of halogens is 1. The fraction of sp³-hybridized carbons (Fsp3) is 0.643. The summed E-state index contributed by atoms with van der Waals surface area (Å²) in [4.78, 5) is 5.87. The number of ether oxygens (including phenoxy) is 1. The van der Waals surface area contributed by atoms with E-state index in [9.17, 15) is 0 Å². The molecule has 0 radical (unpaired) electrons. The molecule has 112 valence electrons. The van der Waals surface area contributed by atoms with Crippen molar-refractivity contribution in [2.45, 2.75) is 38.8 Å². The lowest BCUT2D eigenvalue weighted by molar-refractivity contribution is 0.0243. The van der Waals surface area contributed by atoms with Gasteiger partial charge in [-0.1, -0.05) is 0 Å². The van der Waals surface area contributed by atoms with Gasteiger partial charge in [0.1, 0.15) is 0 Å². The Morgan fingerprint density at radius 2 is 2.40 bits per heavy atom. The van der Waals surface area contributed by atoms with E-state index in [1.54, 1.807) is 11.3 Å². The van der Waals surface area contributed by atoms with E-state index in [4.69, 9.17) is 4.74 Å². The van der Waals surface area contributed by atoms with Crippen molar-refractivity contribution < 1.29 is 4.74 Å². The smallest absolute Gasteiger partial charge is 0.191 e. The highest BCUT2D eigenvalue weighted by Gasteiger charge is 2.29. The zero-order chi connectivity index (χ0) is 14.4. The minimum absolute atomic E-state index is 0.0534. The number of thiophene rings is 1. The Labute approximate surface area is 133 Å². The second kappa shape index (κ2) is 7.43. The van der Waals surface area contributed by atoms with E-state index in [-0.39, 0.29) is 5.60 Å². The summed E-state index contributed by atoms with van der Waals surface area (Å²) in [5.41, 5.74) is -0.0534. The normalized spacial score (nSPS) is 23.1. The number of aliphatic imine (C=N–C) groups is 1. The van der Waals surface area contributed by atoms with Gasteiger partial charge >= 0.3 is 0 Å². The summed E-state index contributed by atoms with van der Waals surface area (Å²) in [5, 5.41) is 8.75. The molecule has 1 aliphatic heterocycles. The van der Waals surface area contributed by atoms with Crippen LogP contribution in [0.15, 0.2) is 20.9 Å². The summed E-state index contributed by atoms with van der Waals surface area (Å²) in [5.74, 6) is 0.855. The van der Waals surface area contributed by atoms with Crippen molar-refractivity contribution in [3.63, 3.8) is 0 Å². The van der Waals surface area contributed by atoms with Gasteiger partial charge in [-0.25, -0.2) is 4.99 Å². The van der Waals surface area contributed by atoms with Gasteiger partial charge in [0.05, 0.1) is 12.1 Å². The van der Waals surface area contributed by atoms with E-state index in [0.717, 1.165) is 43.0 Å². The molecular weight excluding hydrogens is 338 g/mol. The van der Waals surface area contributed by atoms with E-state index in [2.05, 4.69) is 56.8 Å². The maximum absolute atomic E-state index is 5.79. The van der Waals surface area contributed by atoms with Crippen molar-refractivity contribution in [1.82, 2.24) is 10.6 Å². The van der Waals surface area contributed by atoms with Gasteiger partial charge in [-0.2, -0.15) is 0 Å². The molecule has 2 N–H and O–H groups in total. The third-order valence-electron chi connectivity index (χ3n) is 3.29. The molecule has 2 heterocycles. The molecule has 1 aromatic rings. The van der Waals surface area contributed by atoms with Crippen LogP contribution < -0.4 is 10.6 Å². The van der Waals surface area contributed by atoms with Gasteiger partial charge in [0.25, 0.3) is 0 Å². The summed E-state index contributed by atoms with van der Waals surface area (Å²) in [6.45, 7) is 7.46. The molecule has 1 aromatic heterocycles. The standard InChI is InChI=1S/C14H22BrN3OS/c1-3-16-13(17-8-12-7-11(15)9-20-12)18-10-14(2)5-4-6-19-14/h7,9H,3-6,8,10H2,1-2H3,(H2,16,17,18). The van der Waals surface area contributed by atoms with Crippen LogP contribution in [0, 0.1) is 0 Å². The predicted molar refractivity (Wildman–Crippen MR) is 88.4 cm³/mol. The van der Waals surface area contributed by atoms with Crippen molar-refractivity contribution in [3.05, 3.63) is 20.8 Å². The fourth-order valence-electron chi connectivity index (χ4n) is 2.18. The molecule has 1 atom stereocenters. The first kappa shape index (κ1) is 15.8. The SMILES string of the molecule is CCNC(=NCc1cc(Br)cs1)NCC1(C)CCCO1. The summed E-state index contributed by atoms with van der Waals surface area (Å²) < 4.78 is 6.91. The van der Waals surface area contributed by atoms with Gasteiger partial charge in [-0.3, -0.25) is 0 Å². The van der Waals surface area contributed by atoms with Crippen molar-refractivity contribution in [3.8, 4) is 0 Å². The van der Waals surface area contributed by atoms with Crippen LogP contribution in [0.5, 0.6) is 0 Å². The van der Waals surface area contributed by atoms with Crippen molar-refractivity contribution in [1.29, 1.82) is 0 Å². The van der Waals surface area contributed by atoms with Gasteiger partial charge in [0.2, 0.25) is 0 Å². The summed E-state index contributed by atoms with van der Waals surface area (Å²) >= 11 is 5.18. The Morgan fingerprint density at radius 3 is 3.00 bits per heavy atom. The zero-order valence-corrected chi connectivity index (χ0v) is 14.4. The molecule has 0 aliphatic carbocycles. The molecule has 0 amide bonds. The number of hydrogen-bond acceptors (Lipinski definition) is 3. The van der Waals surface area contributed by atoms with Crippen molar-refractivity contribution in [2.75, 3.05) is 19.7 Å². The summed E-state index contributed by atoms with van der Waals surface area (Å²) in [6.07, 6.45) is 2.26. The van der Waals surface area contributed by atoms with E-state index in [1.165, 1.54) is 4.88 Å². The molecule has 1 fully saturated rings. The zero-order valence-electron chi connectivity index (χ0n) is 12.0. The number of nitrogens with one attached hydrogen (secondary N) is 2. The minimum atomic E-state index is -0.0534. The lowest BCUT2D eigenvalue weighted by atomic mass is 10.0. The monoisotopic (exact) mass is 359 g/mol. The van der Waals surface area contributed by atoms with Crippen LogP contribution in [0.4, 0.5) is 0 Å². The van der Waals surface area contributed by atoms with Crippen molar-refractivity contribution in [2.24, 2.45) is 4.99 Å². The lowest BCUT2D eigenvalue weighted by Crippen LogP contribution is -2.45. The van der Waals surface area contributed by atoms with Crippen LogP contribution in [0.3, 0.4) is 0 Å². The Kier molecular flexibility index (Phi) is 5.86. The molecule has 1 saturated heterocycles. The molecule has 0 spiro atoms. The average Bonchev–Trinajstić information content (AvgIpc) is 3.03. The number of hydrogen-bond donors (Lipinski definition) is 2. The molecule has 2 rings (SSSR count). The van der Waals surface area contributed by atoms with Crippen LogP contribution in [-0.4, -0.2) is 31.3 Å². The van der Waals surface area contributed by atoms with E-state index in [1.807, 2.05) is 0 Å². The highest BCUT2D eigenvalue weighted by atomic mass is 79.9. The first-order valence-corrected chi connectivity index (χ1v) is 8.67. The number of rotatable bonds is 5. The van der Waals surface area contributed by atoms with Crippen LogP contribution >= 0.6 is 27.3 Å². The third kappa shape index (κ3) is 4.75. The molecule has 0 saturated carbocycles. The molecule has 1 unspecified atom stereocenters. The first-order valence-electron chi connectivity index (χ1n) is 7.00. The molecule has 6 heteroatoms. The molecule has 20 heavy (non-hydrogen) atoms. The highest BCUT2D eigenvalue weighted by molar-refractivity contribution is 9.10. The Hall–Kier alpha value is -0.590. The van der Waals surface area contributed by atoms with E-state index >= 15 is 0 Å².